The van der Waals surface area contributed by atoms with E-state index in [4.69, 9.17) is 9.84 Å². The van der Waals surface area contributed by atoms with Gasteiger partial charge in [-0.2, -0.15) is 0 Å². The highest BCUT2D eigenvalue weighted by atomic mass is 16.5. The number of hydrogen-bond donors (Lipinski definition) is 2. The van der Waals surface area contributed by atoms with Crippen molar-refractivity contribution < 1.29 is 19.7 Å². The smallest absolute Gasteiger partial charge is 0.332 e. The molecule has 1 atom stereocenters. The van der Waals surface area contributed by atoms with Crippen LogP contribution in [0.15, 0.2) is 18.2 Å². The minimum Gasteiger partial charge on any atom is -0.496 e. The first-order valence-electron chi connectivity index (χ1n) is 5.09. The molecule has 1 rings (SSSR count). The fraction of sp³-hybridized carbons (Fsp3) is 0.417. The van der Waals surface area contributed by atoms with Crippen molar-refractivity contribution in [2.75, 3.05) is 7.11 Å². The molecular formula is C12H16O4. The van der Waals surface area contributed by atoms with Crippen LogP contribution in [0, 0.1) is 6.92 Å². The number of methoxy groups -OCH3 is 1. The van der Waals surface area contributed by atoms with Crippen molar-refractivity contribution in [1.29, 1.82) is 0 Å². The minimum absolute atomic E-state index is 0.190. The topological polar surface area (TPSA) is 66.8 Å². The van der Waals surface area contributed by atoms with Gasteiger partial charge in [-0.15, -0.1) is 0 Å². The van der Waals surface area contributed by atoms with Crippen LogP contribution >= 0.6 is 0 Å². The molecule has 88 valence electrons. The predicted molar refractivity (Wildman–Crippen MR) is 59.7 cm³/mol. The summed E-state index contributed by atoms with van der Waals surface area (Å²) in [6.45, 7) is 1.95. The van der Waals surface area contributed by atoms with Crippen molar-refractivity contribution in [1.82, 2.24) is 0 Å². The summed E-state index contributed by atoms with van der Waals surface area (Å²) < 4.78 is 5.16. The zero-order valence-electron chi connectivity index (χ0n) is 9.43. The zero-order valence-corrected chi connectivity index (χ0v) is 9.43. The number of benzene rings is 1. The molecule has 1 unspecified atom stereocenters. The van der Waals surface area contributed by atoms with Crippen molar-refractivity contribution in [2.45, 2.75) is 25.9 Å². The highest BCUT2D eigenvalue weighted by Gasteiger charge is 2.14. The first-order valence-corrected chi connectivity index (χ1v) is 5.09. The predicted octanol–water partition coefficient (Wildman–Crippen LogP) is 1.38. The van der Waals surface area contributed by atoms with Crippen LogP contribution in [0.2, 0.25) is 0 Å². The van der Waals surface area contributed by atoms with Gasteiger partial charge in [0.1, 0.15) is 5.75 Å². The Bertz CT molecular complexity index is 373. The molecular weight excluding hydrogens is 208 g/mol. The van der Waals surface area contributed by atoms with Crippen molar-refractivity contribution in [3.8, 4) is 5.75 Å². The molecule has 4 heteroatoms. The van der Waals surface area contributed by atoms with Gasteiger partial charge in [-0.05, 0) is 31.4 Å². The van der Waals surface area contributed by atoms with Crippen LogP contribution in [-0.2, 0) is 11.2 Å². The molecule has 16 heavy (non-hydrogen) atoms. The maximum atomic E-state index is 10.5. The molecule has 2 N–H and O–H groups in total. The second-order valence-corrected chi connectivity index (χ2v) is 3.71. The van der Waals surface area contributed by atoms with Gasteiger partial charge in [0, 0.05) is 0 Å². The number of carboxylic acid groups (broad SMARTS) is 1. The number of aliphatic hydroxyl groups excluding tert-OH is 1. The van der Waals surface area contributed by atoms with Gasteiger partial charge in [0.05, 0.1) is 7.11 Å². The lowest BCUT2D eigenvalue weighted by Crippen LogP contribution is -2.20. The maximum Gasteiger partial charge on any atom is 0.332 e. The number of carboxylic acids is 1. The maximum absolute atomic E-state index is 10.5. The molecule has 0 aliphatic heterocycles. The summed E-state index contributed by atoms with van der Waals surface area (Å²) in [5.74, 6) is -0.463. The third kappa shape index (κ3) is 3.24. The summed E-state index contributed by atoms with van der Waals surface area (Å²) >= 11 is 0. The molecule has 0 fully saturated rings. The van der Waals surface area contributed by atoms with Gasteiger partial charge in [0.25, 0.3) is 0 Å². The van der Waals surface area contributed by atoms with Crippen LogP contribution in [0.4, 0.5) is 0 Å². The van der Waals surface area contributed by atoms with E-state index in [-0.39, 0.29) is 6.42 Å². The molecule has 0 amide bonds. The minimum atomic E-state index is -1.31. The fourth-order valence-electron chi connectivity index (χ4n) is 1.52. The zero-order chi connectivity index (χ0) is 12.1. The van der Waals surface area contributed by atoms with E-state index in [1.54, 1.807) is 7.11 Å². The second kappa shape index (κ2) is 5.51. The Hall–Kier alpha value is -1.55. The molecule has 0 spiro atoms. The normalized spacial score (nSPS) is 12.2. The largest absolute Gasteiger partial charge is 0.496 e. The average molecular weight is 224 g/mol. The van der Waals surface area contributed by atoms with Crippen LogP contribution in [0.25, 0.3) is 0 Å². The van der Waals surface area contributed by atoms with E-state index < -0.39 is 12.1 Å². The molecule has 0 radical (unpaired) electrons. The van der Waals surface area contributed by atoms with Crippen LogP contribution < -0.4 is 4.74 Å². The van der Waals surface area contributed by atoms with Gasteiger partial charge in [-0.1, -0.05) is 17.7 Å². The number of ether oxygens (including phenoxy) is 1. The second-order valence-electron chi connectivity index (χ2n) is 3.71. The molecule has 0 aliphatic carbocycles. The van der Waals surface area contributed by atoms with Gasteiger partial charge in [-0.3, -0.25) is 0 Å². The Morgan fingerprint density at radius 1 is 1.50 bits per heavy atom. The number of aliphatic carboxylic acids is 1. The Balaban J connectivity index is 2.72. The van der Waals surface area contributed by atoms with Crippen LogP contribution in [0.1, 0.15) is 17.5 Å². The highest BCUT2D eigenvalue weighted by molar-refractivity contribution is 5.71. The van der Waals surface area contributed by atoms with E-state index in [1.807, 2.05) is 25.1 Å². The Labute approximate surface area is 94.5 Å². The lowest BCUT2D eigenvalue weighted by atomic mass is 10.0. The highest BCUT2D eigenvalue weighted by Crippen LogP contribution is 2.21. The lowest BCUT2D eigenvalue weighted by molar-refractivity contribution is -0.146. The number of carbonyl (C=O) groups is 1. The molecule has 0 aromatic heterocycles. The van der Waals surface area contributed by atoms with E-state index in [0.29, 0.717) is 6.42 Å². The summed E-state index contributed by atoms with van der Waals surface area (Å²) in [6, 6.07) is 5.71. The number of aliphatic hydroxyl groups is 1. The SMILES string of the molecule is COc1ccc(C)cc1CCC(O)C(=O)O. The van der Waals surface area contributed by atoms with Crippen LogP contribution in [0.3, 0.4) is 0 Å². The van der Waals surface area contributed by atoms with Crippen molar-refractivity contribution >= 4 is 5.97 Å². The standard InChI is InChI=1S/C12H16O4/c1-8-3-6-11(16-2)9(7-8)4-5-10(13)12(14)15/h3,6-7,10,13H,4-5H2,1-2H3,(H,14,15). The van der Waals surface area contributed by atoms with Crippen molar-refractivity contribution in [2.24, 2.45) is 0 Å². The number of hydrogen-bond acceptors (Lipinski definition) is 3. The van der Waals surface area contributed by atoms with Gasteiger partial charge >= 0.3 is 5.97 Å². The van der Waals surface area contributed by atoms with Gasteiger partial charge in [0.15, 0.2) is 6.10 Å². The first-order chi connectivity index (χ1) is 7.54. The monoisotopic (exact) mass is 224 g/mol. The third-order valence-electron chi connectivity index (χ3n) is 2.41. The summed E-state index contributed by atoms with van der Waals surface area (Å²) in [6.07, 6.45) is -0.641. The number of aryl methyl sites for hydroxylation is 2. The summed E-state index contributed by atoms with van der Waals surface area (Å²) in [4.78, 5) is 10.5. The van der Waals surface area contributed by atoms with E-state index in [9.17, 15) is 9.90 Å². The van der Waals surface area contributed by atoms with E-state index in [0.717, 1.165) is 16.9 Å². The molecule has 0 bridgehead atoms. The van der Waals surface area contributed by atoms with Gasteiger partial charge < -0.3 is 14.9 Å². The van der Waals surface area contributed by atoms with Crippen LogP contribution in [0.5, 0.6) is 5.75 Å². The Kier molecular flexibility index (Phi) is 4.31. The van der Waals surface area contributed by atoms with Crippen LogP contribution in [-0.4, -0.2) is 29.4 Å². The van der Waals surface area contributed by atoms with Crippen molar-refractivity contribution in [3.63, 3.8) is 0 Å². The molecule has 1 aromatic carbocycles. The third-order valence-corrected chi connectivity index (χ3v) is 2.41. The Morgan fingerprint density at radius 3 is 2.75 bits per heavy atom. The first kappa shape index (κ1) is 12.5. The molecule has 0 heterocycles. The average Bonchev–Trinajstić information content (AvgIpc) is 2.25. The summed E-state index contributed by atoms with van der Waals surface area (Å²) in [7, 11) is 1.57. The van der Waals surface area contributed by atoms with E-state index in [1.165, 1.54) is 0 Å². The molecule has 0 saturated heterocycles. The quantitative estimate of drug-likeness (QED) is 0.793. The Morgan fingerprint density at radius 2 is 2.19 bits per heavy atom. The molecule has 0 saturated carbocycles. The summed E-state index contributed by atoms with van der Waals surface area (Å²) in [5.41, 5.74) is 2.00. The molecule has 0 aliphatic rings. The summed E-state index contributed by atoms with van der Waals surface area (Å²) in [5, 5.41) is 17.7. The fourth-order valence-corrected chi connectivity index (χ4v) is 1.52. The number of rotatable bonds is 5. The van der Waals surface area contributed by atoms with Gasteiger partial charge in [-0.25, -0.2) is 4.79 Å². The molecule has 4 nitrogen and oxygen atoms in total. The van der Waals surface area contributed by atoms with Gasteiger partial charge in [0.2, 0.25) is 0 Å². The van der Waals surface area contributed by atoms with E-state index in [2.05, 4.69) is 0 Å². The van der Waals surface area contributed by atoms with E-state index >= 15 is 0 Å². The molecule has 1 aromatic rings. The van der Waals surface area contributed by atoms with Crippen molar-refractivity contribution in [3.05, 3.63) is 29.3 Å². The lowest BCUT2D eigenvalue weighted by Gasteiger charge is -2.10.